The van der Waals surface area contributed by atoms with Crippen LogP contribution in [0.2, 0.25) is 10.0 Å². The van der Waals surface area contributed by atoms with Crippen molar-refractivity contribution in [2.24, 2.45) is 0 Å². The Morgan fingerprint density at radius 2 is 1.61 bits per heavy atom. The molecule has 6 nitrogen and oxygen atoms in total. The standard InChI is InChI=1S/C9H6Cl2N4O2S/c10-6-2-1-3-7(11)8(6)15-18(16,17)9-13-4-12-5-14-9/h1-5,15H. The topological polar surface area (TPSA) is 84.8 Å². The number of para-hydroxylation sites is 1. The molecule has 94 valence electrons. The largest absolute Gasteiger partial charge is 0.297 e. The summed E-state index contributed by atoms with van der Waals surface area (Å²) in [5, 5.41) is -0.0475. The van der Waals surface area contributed by atoms with Crippen molar-refractivity contribution < 1.29 is 8.42 Å². The zero-order valence-corrected chi connectivity index (χ0v) is 11.0. The van der Waals surface area contributed by atoms with Crippen molar-refractivity contribution in [3.8, 4) is 0 Å². The van der Waals surface area contributed by atoms with Gasteiger partial charge in [-0.2, -0.15) is 8.42 Å². The number of nitrogens with one attached hydrogen (secondary N) is 1. The predicted octanol–water partition coefficient (Wildman–Crippen LogP) is 1.98. The van der Waals surface area contributed by atoms with E-state index in [1.165, 1.54) is 12.1 Å². The molecular weight excluding hydrogens is 299 g/mol. The molecule has 1 heterocycles. The first-order chi connectivity index (χ1) is 8.50. The summed E-state index contributed by atoms with van der Waals surface area (Å²) in [6, 6.07) is 4.63. The summed E-state index contributed by atoms with van der Waals surface area (Å²) in [5.41, 5.74) is 0.0845. The van der Waals surface area contributed by atoms with E-state index in [9.17, 15) is 8.42 Å². The second-order valence-corrected chi connectivity index (χ2v) is 5.51. The van der Waals surface area contributed by atoms with Crippen LogP contribution in [0.15, 0.2) is 36.0 Å². The number of hydrogen-bond donors (Lipinski definition) is 1. The third-order valence-electron chi connectivity index (χ3n) is 1.91. The molecule has 0 amide bonds. The molecule has 0 unspecified atom stereocenters. The van der Waals surface area contributed by atoms with Gasteiger partial charge in [-0.3, -0.25) is 4.72 Å². The van der Waals surface area contributed by atoms with Gasteiger partial charge in [-0.05, 0) is 12.1 Å². The number of hydrogen-bond acceptors (Lipinski definition) is 5. The Balaban J connectivity index is 2.41. The Labute approximate surface area is 113 Å². The monoisotopic (exact) mass is 304 g/mol. The molecule has 0 atom stereocenters. The summed E-state index contributed by atoms with van der Waals surface area (Å²) in [4.78, 5) is 10.6. The molecule has 0 bridgehead atoms. The first kappa shape index (κ1) is 13.0. The van der Waals surface area contributed by atoms with E-state index in [0.717, 1.165) is 12.7 Å². The fourth-order valence-electron chi connectivity index (χ4n) is 1.14. The van der Waals surface area contributed by atoms with E-state index in [1.807, 2.05) is 0 Å². The molecule has 0 spiro atoms. The van der Waals surface area contributed by atoms with Crippen LogP contribution >= 0.6 is 23.2 Å². The molecule has 2 aromatic rings. The number of anilines is 1. The van der Waals surface area contributed by atoms with Gasteiger partial charge in [-0.15, -0.1) is 0 Å². The van der Waals surface area contributed by atoms with E-state index >= 15 is 0 Å². The van der Waals surface area contributed by atoms with Crippen LogP contribution in [0.3, 0.4) is 0 Å². The summed E-state index contributed by atoms with van der Waals surface area (Å²) in [6.07, 6.45) is 2.16. The highest BCUT2D eigenvalue weighted by Crippen LogP contribution is 2.31. The Hall–Kier alpha value is -1.44. The van der Waals surface area contributed by atoms with E-state index in [-0.39, 0.29) is 15.7 Å². The van der Waals surface area contributed by atoms with Crippen molar-refractivity contribution in [2.45, 2.75) is 5.16 Å². The molecule has 0 radical (unpaired) electrons. The third kappa shape index (κ3) is 2.69. The van der Waals surface area contributed by atoms with Crippen LogP contribution in [0.1, 0.15) is 0 Å². The van der Waals surface area contributed by atoms with Crippen LogP contribution in [0.25, 0.3) is 0 Å². The lowest BCUT2D eigenvalue weighted by Gasteiger charge is -2.09. The molecule has 0 aliphatic heterocycles. The van der Waals surface area contributed by atoms with Gasteiger partial charge in [0.25, 0.3) is 15.2 Å². The number of aromatic nitrogens is 3. The molecule has 9 heteroatoms. The zero-order chi connectivity index (χ0) is 13.2. The quantitative estimate of drug-likeness (QED) is 0.937. The predicted molar refractivity (Wildman–Crippen MR) is 67.1 cm³/mol. The fourth-order valence-corrected chi connectivity index (χ4v) is 2.70. The lowest BCUT2D eigenvalue weighted by Crippen LogP contribution is -2.16. The van der Waals surface area contributed by atoms with Crippen molar-refractivity contribution in [1.29, 1.82) is 0 Å². The maximum atomic E-state index is 11.9. The second kappa shape index (κ2) is 5.05. The van der Waals surface area contributed by atoms with Gasteiger partial charge in [-0.25, -0.2) is 15.0 Å². The summed E-state index contributed by atoms with van der Waals surface area (Å²) in [6.45, 7) is 0. The van der Waals surface area contributed by atoms with Gasteiger partial charge in [0.2, 0.25) is 0 Å². The molecule has 0 saturated heterocycles. The van der Waals surface area contributed by atoms with Crippen LogP contribution < -0.4 is 4.72 Å². The van der Waals surface area contributed by atoms with Crippen LogP contribution in [-0.4, -0.2) is 23.4 Å². The third-order valence-corrected chi connectivity index (χ3v) is 3.70. The maximum Gasteiger partial charge on any atom is 0.297 e. The average Bonchev–Trinajstić information content (AvgIpc) is 2.35. The van der Waals surface area contributed by atoms with Gasteiger partial charge in [-0.1, -0.05) is 29.3 Å². The number of sulfonamides is 1. The van der Waals surface area contributed by atoms with Gasteiger partial charge in [0.05, 0.1) is 15.7 Å². The molecule has 2 rings (SSSR count). The Bertz CT molecular complexity index is 643. The molecular formula is C9H6Cl2N4O2S. The number of benzene rings is 1. The minimum absolute atomic E-state index is 0.0845. The van der Waals surface area contributed by atoms with Gasteiger partial charge in [0.1, 0.15) is 12.7 Å². The number of nitrogens with zero attached hydrogens (tertiary/aromatic N) is 3. The number of halogens is 2. The van der Waals surface area contributed by atoms with Crippen molar-refractivity contribution in [3.63, 3.8) is 0 Å². The van der Waals surface area contributed by atoms with Crippen molar-refractivity contribution in [3.05, 3.63) is 40.9 Å². The summed E-state index contributed by atoms with van der Waals surface area (Å²) in [5.74, 6) is 0. The van der Waals surface area contributed by atoms with Crippen molar-refractivity contribution in [2.75, 3.05) is 4.72 Å². The molecule has 0 aliphatic carbocycles. The lowest BCUT2D eigenvalue weighted by molar-refractivity contribution is 0.591. The minimum atomic E-state index is -3.94. The molecule has 1 aromatic heterocycles. The van der Waals surface area contributed by atoms with Crippen LogP contribution in [0, 0.1) is 0 Å². The lowest BCUT2D eigenvalue weighted by atomic mass is 10.3. The Morgan fingerprint density at radius 3 is 2.17 bits per heavy atom. The zero-order valence-electron chi connectivity index (χ0n) is 8.71. The van der Waals surface area contributed by atoms with Crippen LogP contribution in [-0.2, 0) is 10.0 Å². The van der Waals surface area contributed by atoms with E-state index < -0.39 is 15.2 Å². The van der Waals surface area contributed by atoms with E-state index in [2.05, 4.69) is 19.7 Å². The SMILES string of the molecule is O=S(=O)(Nc1c(Cl)cccc1Cl)c1ncncn1. The molecule has 0 aliphatic rings. The fraction of sp³-hybridized carbons (Fsp3) is 0. The highest BCUT2D eigenvalue weighted by Gasteiger charge is 2.20. The Kier molecular flexibility index (Phi) is 3.65. The van der Waals surface area contributed by atoms with E-state index in [4.69, 9.17) is 23.2 Å². The first-order valence-electron chi connectivity index (χ1n) is 4.59. The first-order valence-corrected chi connectivity index (χ1v) is 6.83. The van der Waals surface area contributed by atoms with Gasteiger partial charge in [0.15, 0.2) is 0 Å². The highest BCUT2D eigenvalue weighted by atomic mass is 35.5. The second-order valence-electron chi connectivity index (χ2n) is 3.12. The normalized spacial score (nSPS) is 11.2. The number of rotatable bonds is 3. The van der Waals surface area contributed by atoms with Crippen molar-refractivity contribution in [1.82, 2.24) is 15.0 Å². The molecule has 1 aromatic carbocycles. The van der Waals surface area contributed by atoms with Gasteiger partial charge < -0.3 is 0 Å². The van der Waals surface area contributed by atoms with Crippen molar-refractivity contribution >= 4 is 38.9 Å². The summed E-state index contributed by atoms with van der Waals surface area (Å²) < 4.78 is 26.1. The molecule has 18 heavy (non-hydrogen) atoms. The van der Waals surface area contributed by atoms with E-state index in [1.54, 1.807) is 6.07 Å². The smallest absolute Gasteiger partial charge is 0.274 e. The Morgan fingerprint density at radius 1 is 1.06 bits per heavy atom. The van der Waals surface area contributed by atoms with Crippen LogP contribution in [0.5, 0.6) is 0 Å². The molecule has 0 saturated carbocycles. The van der Waals surface area contributed by atoms with Gasteiger partial charge >= 0.3 is 0 Å². The van der Waals surface area contributed by atoms with Crippen LogP contribution in [0.4, 0.5) is 5.69 Å². The average molecular weight is 305 g/mol. The molecule has 1 N–H and O–H groups in total. The highest BCUT2D eigenvalue weighted by molar-refractivity contribution is 7.92. The molecule has 0 fully saturated rings. The summed E-state index contributed by atoms with van der Waals surface area (Å²) in [7, 11) is -3.94. The summed E-state index contributed by atoms with van der Waals surface area (Å²) >= 11 is 11.7. The van der Waals surface area contributed by atoms with Gasteiger partial charge in [0, 0.05) is 0 Å². The maximum absolute atomic E-state index is 11.9. The minimum Gasteiger partial charge on any atom is -0.274 e. The van der Waals surface area contributed by atoms with E-state index in [0.29, 0.717) is 0 Å².